The molecule has 1 aromatic heterocycles. The number of carboxylic acid groups (broad SMARTS) is 1. The van der Waals surface area contributed by atoms with E-state index in [4.69, 9.17) is 31.5 Å². The van der Waals surface area contributed by atoms with Crippen LogP contribution in [0, 0.1) is 5.92 Å². The molecular formula is C23H26ClF3N4O8S. The summed E-state index contributed by atoms with van der Waals surface area (Å²) in [5.74, 6) is -1.51. The van der Waals surface area contributed by atoms with Gasteiger partial charge in [-0.15, -0.1) is 0 Å². The molecule has 0 spiro atoms. The van der Waals surface area contributed by atoms with Crippen LogP contribution in [-0.4, -0.2) is 72.5 Å². The number of hydrogen-bond donors (Lipinski definition) is 2. The lowest BCUT2D eigenvalue weighted by molar-refractivity contribution is -0.137. The SMILES string of the molecule is COCCOc1ccc(CN(C(=O)O)S(=O)(=O)N2CCC(C(N)=O)CC2)c(Oc2ncc(C(F)(F)F)cc2Cl)c1. The van der Waals surface area contributed by atoms with Crippen molar-refractivity contribution in [2.75, 3.05) is 33.4 Å². The van der Waals surface area contributed by atoms with Gasteiger partial charge in [0, 0.05) is 43.9 Å². The third kappa shape index (κ3) is 7.65. The highest BCUT2D eigenvalue weighted by atomic mass is 35.5. The first-order chi connectivity index (χ1) is 18.7. The van der Waals surface area contributed by atoms with Gasteiger partial charge in [-0.1, -0.05) is 11.6 Å². The summed E-state index contributed by atoms with van der Waals surface area (Å²) in [6, 6.07) is 4.64. The zero-order valence-corrected chi connectivity index (χ0v) is 22.6. The standard InChI is InChI=1S/C23H26ClF3N4O8S/c1-37-8-9-38-17-3-2-15(19(11-17)39-21-18(24)10-16(12-29-21)23(25,26)27)13-31(22(33)34)40(35,36)30-6-4-14(5-7-30)20(28)32/h2-3,10-12,14H,4-9,13H2,1H3,(H2,28,32)(H,33,34). The number of rotatable bonds is 11. The first-order valence-electron chi connectivity index (χ1n) is 11.7. The van der Waals surface area contributed by atoms with E-state index in [9.17, 15) is 36.3 Å². The number of pyridine rings is 1. The molecule has 40 heavy (non-hydrogen) atoms. The highest BCUT2D eigenvalue weighted by Gasteiger charge is 2.37. The molecule has 3 N–H and O–H groups in total. The van der Waals surface area contributed by atoms with E-state index in [0.717, 1.165) is 4.31 Å². The van der Waals surface area contributed by atoms with Gasteiger partial charge in [0.2, 0.25) is 11.8 Å². The molecule has 2 amide bonds. The topological polar surface area (TPSA) is 162 Å². The van der Waals surface area contributed by atoms with Crippen molar-refractivity contribution >= 4 is 33.8 Å². The van der Waals surface area contributed by atoms with Crippen LogP contribution in [0.4, 0.5) is 18.0 Å². The lowest BCUT2D eigenvalue weighted by Gasteiger charge is -2.33. The number of carbonyl (C=O) groups is 2. The predicted octanol–water partition coefficient (Wildman–Crippen LogP) is 3.49. The molecule has 12 nitrogen and oxygen atoms in total. The van der Waals surface area contributed by atoms with Crippen molar-refractivity contribution in [3.63, 3.8) is 0 Å². The zero-order valence-electron chi connectivity index (χ0n) is 21.1. The number of hydrogen-bond acceptors (Lipinski definition) is 8. The van der Waals surface area contributed by atoms with Crippen LogP contribution in [0.1, 0.15) is 24.0 Å². The van der Waals surface area contributed by atoms with E-state index in [2.05, 4.69) is 4.98 Å². The fourth-order valence-corrected chi connectivity index (χ4v) is 5.42. The summed E-state index contributed by atoms with van der Waals surface area (Å²) in [6.07, 6.45) is -5.75. The summed E-state index contributed by atoms with van der Waals surface area (Å²) in [4.78, 5) is 27.1. The van der Waals surface area contributed by atoms with E-state index in [-0.39, 0.29) is 60.5 Å². The van der Waals surface area contributed by atoms with Crippen molar-refractivity contribution in [3.8, 4) is 17.4 Å². The van der Waals surface area contributed by atoms with Crippen molar-refractivity contribution in [2.45, 2.75) is 25.6 Å². The second kappa shape index (κ2) is 12.9. The quantitative estimate of drug-likeness (QED) is 0.363. The second-order valence-electron chi connectivity index (χ2n) is 8.59. The Bertz CT molecular complexity index is 1340. The van der Waals surface area contributed by atoms with Gasteiger partial charge in [0.15, 0.2) is 0 Å². The van der Waals surface area contributed by atoms with E-state index in [1.807, 2.05) is 0 Å². The first-order valence-corrected chi connectivity index (χ1v) is 13.5. The van der Waals surface area contributed by atoms with Crippen molar-refractivity contribution in [1.29, 1.82) is 0 Å². The smallest absolute Gasteiger partial charge is 0.422 e. The van der Waals surface area contributed by atoms with Crippen molar-refractivity contribution in [2.24, 2.45) is 11.7 Å². The number of piperidine rings is 1. The van der Waals surface area contributed by atoms with Gasteiger partial charge in [-0.3, -0.25) is 4.79 Å². The maximum atomic E-state index is 13.2. The molecule has 220 valence electrons. The molecule has 1 saturated heterocycles. The van der Waals surface area contributed by atoms with Crippen LogP contribution in [0.2, 0.25) is 5.02 Å². The number of nitrogens with zero attached hydrogens (tertiary/aromatic N) is 3. The largest absolute Gasteiger partial charge is 0.491 e. The van der Waals surface area contributed by atoms with Gasteiger partial charge in [-0.2, -0.15) is 30.2 Å². The second-order valence-corrected chi connectivity index (χ2v) is 10.9. The van der Waals surface area contributed by atoms with E-state index in [1.54, 1.807) is 0 Å². The summed E-state index contributed by atoms with van der Waals surface area (Å²) in [6.45, 7) is -0.645. The van der Waals surface area contributed by atoms with Gasteiger partial charge < -0.3 is 25.1 Å². The average Bonchev–Trinajstić information content (AvgIpc) is 2.88. The molecule has 0 aliphatic carbocycles. The minimum atomic E-state index is -4.71. The van der Waals surface area contributed by atoms with Crippen LogP contribution in [0.3, 0.4) is 0 Å². The first kappa shape index (κ1) is 31.2. The molecule has 0 saturated carbocycles. The van der Waals surface area contributed by atoms with Gasteiger partial charge in [0.1, 0.15) is 23.1 Å². The molecule has 1 aromatic carbocycles. The van der Waals surface area contributed by atoms with Crippen LogP contribution < -0.4 is 15.2 Å². The van der Waals surface area contributed by atoms with Gasteiger partial charge in [-0.25, -0.2) is 9.78 Å². The number of benzene rings is 1. The Morgan fingerprint density at radius 3 is 2.45 bits per heavy atom. The molecule has 17 heteroatoms. The Hall–Kier alpha value is -3.34. The van der Waals surface area contributed by atoms with E-state index >= 15 is 0 Å². The summed E-state index contributed by atoms with van der Waals surface area (Å²) < 4.78 is 82.7. The third-order valence-corrected chi connectivity index (χ3v) is 8.06. The Morgan fingerprint density at radius 1 is 1.23 bits per heavy atom. The zero-order chi connectivity index (χ0) is 29.7. The summed E-state index contributed by atoms with van der Waals surface area (Å²) in [5.41, 5.74) is 4.18. The monoisotopic (exact) mass is 610 g/mol. The maximum Gasteiger partial charge on any atom is 0.422 e. The van der Waals surface area contributed by atoms with E-state index < -0.39 is 57.3 Å². The molecule has 2 aromatic rings. The van der Waals surface area contributed by atoms with Crippen LogP contribution >= 0.6 is 11.6 Å². The Kier molecular flexibility index (Phi) is 10.0. The van der Waals surface area contributed by atoms with Crippen molar-refractivity contribution in [1.82, 2.24) is 13.6 Å². The highest BCUT2D eigenvalue weighted by Crippen LogP contribution is 2.37. The number of nitrogens with two attached hydrogens (primary N) is 1. The normalized spacial score (nSPS) is 15.0. The third-order valence-electron chi connectivity index (χ3n) is 5.92. The van der Waals surface area contributed by atoms with Gasteiger partial charge in [0.05, 0.1) is 18.7 Å². The lowest BCUT2D eigenvalue weighted by Crippen LogP contribution is -2.49. The minimum absolute atomic E-state index is 0.00912. The van der Waals surface area contributed by atoms with Crippen LogP contribution in [0.15, 0.2) is 30.5 Å². The molecule has 2 heterocycles. The number of halogens is 4. The Morgan fingerprint density at radius 2 is 1.90 bits per heavy atom. The highest BCUT2D eigenvalue weighted by molar-refractivity contribution is 7.87. The van der Waals surface area contributed by atoms with Crippen molar-refractivity contribution < 1.29 is 50.5 Å². The Balaban J connectivity index is 1.94. The molecule has 3 rings (SSSR count). The number of ether oxygens (including phenoxy) is 3. The summed E-state index contributed by atoms with van der Waals surface area (Å²) in [7, 11) is -3.12. The van der Waals surface area contributed by atoms with Gasteiger partial charge in [0.25, 0.3) is 0 Å². The molecule has 0 bridgehead atoms. The molecule has 1 aliphatic heterocycles. The Labute approximate surface area is 232 Å². The lowest BCUT2D eigenvalue weighted by atomic mass is 9.98. The fraction of sp³-hybridized carbons (Fsp3) is 0.435. The van der Waals surface area contributed by atoms with Crippen molar-refractivity contribution in [3.05, 3.63) is 46.6 Å². The number of carbonyl (C=O) groups excluding carboxylic acids is 1. The summed E-state index contributed by atoms with van der Waals surface area (Å²) in [5, 5.41) is 9.30. The minimum Gasteiger partial charge on any atom is -0.491 e. The average molecular weight is 611 g/mol. The summed E-state index contributed by atoms with van der Waals surface area (Å²) >= 11 is 5.97. The van der Waals surface area contributed by atoms with Gasteiger partial charge >= 0.3 is 22.5 Å². The van der Waals surface area contributed by atoms with Crippen LogP contribution in [-0.2, 0) is 32.5 Å². The molecular weight excluding hydrogens is 585 g/mol. The van der Waals surface area contributed by atoms with E-state index in [1.165, 1.54) is 25.3 Å². The van der Waals surface area contributed by atoms with Crippen LogP contribution in [0.5, 0.6) is 17.4 Å². The fourth-order valence-electron chi connectivity index (χ4n) is 3.77. The predicted molar refractivity (Wildman–Crippen MR) is 134 cm³/mol. The number of amides is 2. The molecule has 1 aliphatic rings. The number of methoxy groups -OCH3 is 1. The van der Waals surface area contributed by atoms with E-state index in [0.29, 0.717) is 12.3 Å². The van der Waals surface area contributed by atoms with Gasteiger partial charge in [-0.05, 0) is 31.0 Å². The van der Waals surface area contributed by atoms with Crippen LogP contribution in [0.25, 0.3) is 0 Å². The maximum absolute atomic E-state index is 13.2. The molecule has 1 fully saturated rings. The molecule has 0 atom stereocenters. The number of primary amides is 1. The molecule has 0 radical (unpaired) electrons. The number of aromatic nitrogens is 1. The molecule has 0 unspecified atom stereocenters. The number of alkyl halides is 3.